The smallest absolute Gasteiger partial charge is 0.283 e. The van der Waals surface area contributed by atoms with Crippen LogP contribution in [0.5, 0.6) is 5.75 Å². The molecule has 0 spiro atoms. The molecule has 1 atom stereocenters. The first-order valence-corrected chi connectivity index (χ1v) is 7.47. The van der Waals surface area contributed by atoms with Crippen molar-refractivity contribution < 1.29 is 13.9 Å². The molecule has 120 valence electrons. The highest BCUT2D eigenvalue weighted by molar-refractivity contribution is 6.47. The summed E-state index contributed by atoms with van der Waals surface area (Å²) >= 11 is 0. The monoisotopic (exact) mass is 323 g/mol. The minimum atomic E-state index is -0.541. The van der Waals surface area contributed by atoms with Gasteiger partial charge in [0.1, 0.15) is 17.3 Å². The Morgan fingerprint density at radius 1 is 1.29 bits per heavy atom. The van der Waals surface area contributed by atoms with Crippen LogP contribution in [0.25, 0.3) is 0 Å². The highest BCUT2D eigenvalue weighted by Gasteiger charge is 2.38. The van der Waals surface area contributed by atoms with Crippen molar-refractivity contribution in [1.82, 2.24) is 10.2 Å². The van der Waals surface area contributed by atoms with Crippen LogP contribution in [0, 0.1) is 5.82 Å². The van der Waals surface area contributed by atoms with Crippen LogP contribution >= 0.6 is 0 Å². The van der Waals surface area contributed by atoms with Gasteiger partial charge in [0.15, 0.2) is 5.82 Å². The lowest BCUT2D eigenvalue weighted by Crippen LogP contribution is -2.42. The van der Waals surface area contributed by atoms with Crippen LogP contribution in [0.3, 0.4) is 0 Å². The first-order valence-electron chi connectivity index (χ1n) is 7.47. The second kappa shape index (κ2) is 5.49. The Balaban J connectivity index is 1.75. The fourth-order valence-electron chi connectivity index (χ4n) is 2.87. The van der Waals surface area contributed by atoms with E-state index in [4.69, 9.17) is 4.74 Å². The molecule has 0 fully saturated rings. The van der Waals surface area contributed by atoms with Gasteiger partial charge < -0.3 is 10.1 Å². The Morgan fingerprint density at radius 3 is 2.96 bits per heavy atom. The maximum atomic E-state index is 14.3. The molecule has 0 saturated heterocycles. The molecule has 5 nitrogen and oxygen atoms in total. The third-order valence-corrected chi connectivity index (χ3v) is 4.05. The number of hydrogen-bond acceptors (Lipinski definition) is 4. The Kier molecular flexibility index (Phi) is 3.30. The van der Waals surface area contributed by atoms with Gasteiger partial charge >= 0.3 is 0 Å². The van der Waals surface area contributed by atoms with Crippen molar-refractivity contribution in [3.05, 3.63) is 77.7 Å². The summed E-state index contributed by atoms with van der Waals surface area (Å²) in [6.45, 7) is 0. The second-order valence-corrected chi connectivity index (χ2v) is 5.45. The SMILES string of the molecule is COc1ccc(C2=NC3=CNC4C=CC=CC=C4N3C2=O)c(F)c1. The van der Waals surface area contributed by atoms with E-state index >= 15 is 0 Å². The van der Waals surface area contributed by atoms with Crippen LogP contribution in [0.4, 0.5) is 4.39 Å². The van der Waals surface area contributed by atoms with E-state index in [2.05, 4.69) is 10.3 Å². The number of methoxy groups -OCH3 is 1. The molecule has 1 N–H and O–H groups in total. The van der Waals surface area contributed by atoms with E-state index in [1.807, 2.05) is 30.4 Å². The minimum absolute atomic E-state index is 0.0851. The van der Waals surface area contributed by atoms with E-state index < -0.39 is 5.82 Å². The molecule has 4 rings (SSSR count). The zero-order chi connectivity index (χ0) is 16.7. The van der Waals surface area contributed by atoms with E-state index in [1.54, 1.807) is 12.3 Å². The lowest BCUT2D eigenvalue weighted by molar-refractivity contribution is -0.120. The number of ether oxygens (including phenoxy) is 1. The Bertz CT molecular complexity index is 880. The molecule has 1 unspecified atom stereocenters. The summed E-state index contributed by atoms with van der Waals surface area (Å²) in [4.78, 5) is 18.7. The van der Waals surface area contributed by atoms with Gasteiger partial charge in [-0.2, -0.15) is 0 Å². The molecule has 1 aromatic carbocycles. The summed E-state index contributed by atoms with van der Waals surface area (Å²) in [6, 6.07) is 4.24. The lowest BCUT2D eigenvalue weighted by Gasteiger charge is -2.30. The molecule has 2 heterocycles. The summed E-state index contributed by atoms with van der Waals surface area (Å²) < 4.78 is 19.3. The third kappa shape index (κ3) is 2.15. The van der Waals surface area contributed by atoms with E-state index in [0.29, 0.717) is 11.6 Å². The molecule has 0 saturated carbocycles. The highest BCUT2D eigenvalue weighted by Crippen LogP contribution is 2.31. The molecular weight excluding hydrogens is 309 g/mol. The zero-order valence-corrected chi connectivity index (χ0v) is 12.9. The number of halogens is 1. The van der Waals surface area contributed by atoms with Crippen molar-refractivity contribution in [3.8, 4) is 5.75 Å². The van der Waals surface area contributed by atoms with Crippen molar-refractivity contribution in [2.24, 2.45) is 4.99 Å². The van der Waals surface area contributed by atoms with Gasteiger partial charge in [0.25, 0.3) is 5.91 Å². The topological polar surface area (TPSA) is 53.9 Å². The summed E-state index contributed by atoms with van der Waals surface area (Å²) in [6.07, 6.45) is 11.1. The number of amides is 1. The summed E-state index contributed by atoms with van der Waals surface area (Å²) in [5, 5.41) is 3.19. The number of rotatable bonds is 2. The average Bonchev–Trinajstić information content (AvgIpc) is 2.77. The molecule has 0 aromatic heterocycles. The average molecular weight is 323 g/mol. The van der Waals surface area contributed by atoms with Gasteiger partial charge in [0.05, 0.1) is 18.8 Å². The van der Waals surface area contributed by atoms with Gasteiger partial charge in [-0.25, -0.2) is 9.38 Å². The first-order chi connectivity index (χ1) is 11.7. The van der Waals surface area contributed by atoms with Crippen LogP contribution < -0.4 is 10.1 Å². The van der Waals surface area contributed by atoms with Gasteiger partial charge in [-0.3, -0.25) is 9.69 Å². The summed E-state index contributed by atoms with van der Waals surface area (Å²) in [7, 11) is 1.46. The zero-order valence-electron chi connectivity index (χ0n) is 12.9. The standard InChI is InChI=1S/C18H14FN3O2/c1-24-11-7-8-12(13(19)9-11)17-18(23)22-15-6-4-2-3-5-14(15)20-10-16(22)21-17/h2-10,14,20H,1H3. The van der Waals surface area contributed by atoms with Crippen LogP contribution in [-0.2, 0) is 4.79 Å². The second-order valence-electron chi connectivity index (χ2n) is 5.45. The number of hydrogen-bond donors (Lipinski definition) is 1. The van der Waals surface area contributed by atoms with Gasteiger partial charge in [0.2, 0.25) is 0 Å². The molecule has 24 heavy (non-hydrogen) atoms. The van der Waals surface area contributed by atoms with E-state index in [1.165, 1.54) is 24.1 Å². The Hall–Kier alpha value is -3.15. The quantitative estimate of drug-likeness (QED) is 0.908. The predicted molar refractivity (Wildman–Crippen MR) is 87.7 cm³/mol. The molecule has 1 amide bonds. The van der Waals surface area contributed by atoms with Crippen molar-refractivity contribution in [2.75, 3.05) is 7.11 Å². The molecule has 2 aliphatic heterocycles. The fraction of sp³-hybridized carbons (Fsp3) is 0.111. The van der Waals surface area contributed by atoms with Crippen molar-refractivity contribution in [2.45, 2.75) is 6.04 Å². The maximum Gasteiger partial charge on any atom is 0.283 e. The van der Waals surface area contributed by atoms with Crippen molar-refractivity contribution in [3.63, 3.8) is 0 Å². The Labute approximate surface area is 138 Å². The molecule has 1 aliphatic carbocycles. The van der Waals surface area contributed by atoms with E-state index in [9.17, 15) is 9.18 Å². The normalized spacial score (nSPS) is 21.2. The number of nitrogens with zero attached hydrogens (tertiary/aromatic N) is 2. The number of aliphatic imine (C=N–C) groups is 1. The third-order valence-electron chi connectivity index (χ3n) is 4.05. The van der Waals surface area contributed by atoms with Crippen LogP contribution in [0.2, 0.25) is 0 Å². The predicted octanol–water partition coefficient (Wildman–Crippen LogP) is 2.25. The summed E-state index contributed by atoms with van der Waals surface area (Å²) in [5.41, 5.74) is 1.00. The van der Waals surface area contributed by atoms with E-state index in [0.717, 1.165) is 5.70 Å². The molecular formula is C18H14FN3O2. The van der Waals surface area contributed by atoms with Gasteiger partial charge in [-0.15, -0.1) is 0 Å². The van der Waals surface area contributed by atoms with Crippen LogP contribution in [0.15, 0.2) is 71.3 Å². The number of carbonyl (C=O) groups is 1. The number of carbonyl (C=O) groups excluding carboxylic acids is 1. The molecule has 6 heteroatoms. The van der Waals surface area contributed by atoms with Gasteiger partial charge in [-0.1, -0.05) is 24.3 Å². The number of allylic oxidation sites excluding steroid dienone is 4. The maximum absolute atomic E-state index is 14.3. The van der Waals surface area contributed by atoms with Crippen LogP contribution in [-0.4, -0.2) is 29.7 Å². The molecule has 1 aromatic rings. The fourth-order valence-corrected chi connectivity index (χ4v) is 2.87. The summed E-state index contributed by atoms with van der Waals surface area (Å²) in [5.74, 6) is -0.0352. The molecule has 3 aliphatic rings. The Morgan fingerprint density at radius 2 is 2.17 bits per heavy atom. The van der Waals surface area contributed by atoms with Gasteiger partial charge in [0, 0.05) is 17.8 Å². The van der Waals surface area contributed by atoms with Crippen molar-refractivity contribution >= 4 is 11.6 Å². The van der Waals surface area contributed by atoms with Gasteiger partial charge in [-0.05, 0) is 18.2 Å². The van der Waals surface area contributed by atoms with E-state index in [-0.39, 0.29) is 23.2 Å². The lowest BCUT2D eigenvalue weighted by atomic mass is 10.1. The van der Waals surface area contributed by atoms with Crippen LogP contribution in [0.1, 0.15) is 5.56 Å². The number of benzene rings is 1. The highest BCUT2D eigenvalue weighted by atomic mass is 19.1. The number of fused-ring (bicyclic) bond motifs is 3. The first kappa shape index (κ1) is 14.4. The van der Waals surface area contributed by atoms with Crippen molar-refractivity contribution in [1.29, 1.82) is 0 Å². The number of nitrogens with one attached hydrogen (secondary N) is 1. The minimum Gasteiger partial charge on any atom is -0.497 e. The molecule has 0 bridgehead atoms. The molecule has 0 radical (unpaired) electrons. The largest absolute Gasteiger partial charge is 0.497 e.